The van der Waals surface area contributed by atoms with Crippen LogP contribution in [0.5, 0.6) is 5.88 Å². The maximum atomic E-state index is 14.4. The van der Waals surface area contributed by atoms with Crippen molar-refractivity contribution in [3.8, 4) is 5.88 Å². The molecule has 1 aromatic heterocycles. The number of benzene rings is 1. The Morgan fingerprint density at radius 1 is 1.10 bits per heavy atom. The molecule has 3 aliphatic rings. The standard InChI is InChI=1S/C35H49FN6O6/c1-22-16-39(27(17-40-12-13-46-21-35(40,6)7)18-41(22)33(45)48-34(3,4)5)19-29(43)42-23(2)20-47-32-28(42)15-25(30(38-32)31(37)44)14-24-8-10-26(36)11-9-24/h8-11,15,22-23,27H,12-14,16-21H2,1-7H3,(H2,37,44)/t22-,23+,27+/m1/s1. The molecule has 3 atom stereocenters. The number of pyridine rings is 1. The van der Waals surface area contributed by atoms with Crippen LogP contribution in [-0.4, -0.2) is 119 Å². The second kappa shape index (κ2) is 14.0. The molecule has 0 saturated carbocycles. The van der Waals surface area contributed by atoms with E-state index in [-0.39, 0.29) is 72.6 Å². The van der Waals surface area contributed by atoms with Crippen LogP contribution in [0.4, 0.5) is 14.9 Å². The van der Waals surface area contributed by atoms with E-state index in [1.54, 1.807) is 28.0 Å². The van der Waals surface area contributed by atoms with E-state index >= 15 is 0 Å². The normalized spacial score (nSPS) is 23.3. The van der Waals surface area contributed by atoms with Gasteiger partial charge in [-0.15, -0.1) is 0 Å². The zero-order valence-electron chi connectivity index (χ0n) is 29.1. The van der Waals surface area contributed by atoms with E-state index in [1.807, 2.05) is 34.6 Å². The maximum Gasteiger partial charge on any atom is 0.410 e. The zero-order valence-corrected chi connectivity index (χ0v) is 29.1. The van der Waals surface area contributed by atoms with Crippen LogP contribution in [0.25, 0.3) is 0 Å². The van der Waals surface area contributed by atoms with Gasteiger partial charge in [0.25, 0.3) is 5.91 Å². The largest absolute Gasteiger partial charge is 0.474 e. The summed E-state index contributed by atoms with van der Waals surface area (Å²) in [5.41, 5.74) is 6.62. The van der Waals surface area contributed by atoms with Gasteiger partial charge in [0.2, 0.25) is 11.8 Å². The number of nitrogens with zero attached hydrogens (tertiary/aromatic N) is 5. The molecule has 48 heavy (non-hydrogen) atoms. The molecule has 0 radical (unpaired) electrons. The third-order valence-corrected chi connectivity index (χ3v) is 9.19. The lowest BCUT2D eigenvalue weighted by Crippen LogP contribution is -2.66. The average molecular weight is 669 g/mol. The van der Waals surface area contributed by atoms with Crippen molar-refractivity contribution in [2.45, 2.75) is 84.2 Å². The molecule has 4 heterocycles. The lowest BCUT2D eigenvalue weighted by molar-refractivity contribution is -0.123. The van der Waals surface area contributed by atoms with E-state index in [9.17, 15) is 18.8 Å². The molecule has 2 aromatic rings. The highest BCUT2D eigenvalue weighted by Crippen LogP contribution is 2.35. The fraction of sp³-hybridized carbons (Fsp3) is 0.600. The van der Waals surface area contributed by atoms with Crippen molar-refractivity contribution in [3.63, 3.8) is 0 Å². The van der Waals surface area contributed by atoms with Crippen molar-refractivity contribution in [1.82, 2.24) is 19.7 Å². The molecule has 2 fully saturated rings. The van der Waals surface area contributed by atoms with Crippen LogP contribution in [-0.2, 0) is 20.7 Å². The van der Waals surface area contributed by atoms with Gasteiger partial charge < -0.3 is 29.7 Å². The number of halogens is 1. The van der Waals surface area contributed by atoms with Crippen molar-refractivity contribution in [1.29, 1.82) is 0 Å². The molecule has 2 N–H and O–H groups in total. The molecule has 1 aromatic carbocycles. The van der Waals surface area contributed by atoms with E-state index < -0.39 is 11.5 Å². The summed E-state index contributed by atoms with van der Waals surface area (Å²) in [6.45, 7) is 17.5. The van der Waals surface area contributed by atoms with Crippen molar-refractivity contribution in [2.75, 3.05) is 57.4 Å². The monoisotopic (exact) mass is 668 g/mol. The summed E-state index contributed by atoms with van der Waals surface area (Å²) in [5.74, 6) is -1.08. The lowest BCUT2D eigenvalue weighted by atomic mass is 9.99. The van der Waals surface area contributed by atoms with Crippen LogP contribution in [0.1, 0.15) is 70.1 Å². The average Bonchev–Trinajstić information content (AvgIpc) is 2.99. The van der Waals surface area contributed by atoms with Gasteiger partial charge in [-0.3, -0.25) is 19.4 Å². The molecule has 5 rings (SSSR count). The number of anilines is 1. The lowest BCUT2D eigenvalue weighted by Gasteiger charge is -2.50. The molecule has 0 spiro atoms. The van der Waals surface area contributed by atoms with Crippen molar-refractivity contribution >= 4 is 23.6 Å². The van der Waals surface area contributed by atoms with Gasteiger partial charge in [-0.25, -0.2) is 14.2 Å². The first-order valence-electron chi connectivity index (χ1n) is 16.6. The Bertz CT molecular complexity index is 1510. The SMILES string of the molecule is C[C@@H]1CN(CC(=O)N2c3cc(Cc4ccc(F)cc4)c(C(N)=O)nc3OC[C@@H]2C)[C@@H](CN2CCOCC2(C)C)CN1C(=O)OC(C)(C)C. The minimum absolute atomic E-state index is 0.0420. The summed E-state index contributed by atoms with van der Waals surface area (Å²) in [5, 5.41) is 0. The van der Waals surface area contributed by atoms with Crippen LogP contribution in [0.15, 0.2) is 30.3 Å². The van der Waals surface area contributed by atoms with Crippen molar-refractivity contribution < 1.29 is 33.0 Å². The number of carbonyl (C=O) groups is 3. The van der Waals surface area contributed by atoms with Gasteiger partial charge in [0.15, 0.2) is 0 Å². The summed E-state index contributed by atoms with van der Waals surface area (Å²) >= 11 is 0. The number of aromatic nitrogens is 1. The molecule has 262 valence electrons. The second-order valence-corrected chi connectivity index (χ2v) is 14.8. The highest BCUT2D eigenvalue weighted by molar-refractivity contribution is 5.99. The van der Waals surface area contributed by atoms with Gasteiger partial charge in [-0.1, -0.05) is 12.1 Å². The van der Waals surface area contributed by atoms with Crippen LogP contribution in [0.3, 0.4) is 0 Å². The number of primary amides is 1. The number of piperazine rings is 1. The Morgan fingerprint density at radius 2 is 1.81 bits per heavy atom. The molecular weight excluding hydrogens is 619 g/mol. The Hall–Kier alpha value is -3.81. The van der Waals surface area contributed by atoms with E-state index in [1.165, 1.54) is 12.1 Å². The Balaban J connectivity index is 1.43. The van der Waals surface area contributed by atoms with E-state index in [0.717, 1.165) is 12.1 Å². The topological polar surface area (TPSA) is 131 Å². The minimum atomic E-state index is -0.722. The first kappa shape index (κ1) is 35.5. The number of morpholine rings is 1. The second-order valence-electron chi connectivity index (χ2n) is 14.8. The maximum absolute atomic E-state index is 14.4. The third kappa shape index (κ3) is 8.07. The van der Waals surface area contributed by atoms with Gasteiger partial charge >= 0.3 is 6.09 Å². The van der Waals surface area contributed by atoms with Gasteiger partial charge in [0.1, 0.15) is 29.4 Å². The summed E-state index contributed by atoms with van der Waals surface area (Å²) < 4.78 is 31.0. The molecule has 0 aliphatic carbocycles. The third-order valence-electron chi connectivity index (χ3n) is 9.19. The molecule has 13 heteroatoms. The van der Waals surface area contributed by atoms with Gasteiger partial charge in [-0.05, 0) is 84.2 Å². The Labute approximate surface area is 282 Å². The predicted octanol–water partition coefficient (Wildman–Crippen LogP) is 3.44. The number of hydrogen-bond acceptors (Lipinski definition) is 9. The van der Waals surface area contributed by atoms with Crippen LogP contribution >= 0.6 is 0 Å². The fourth-order valence-corrected chi connectivity index (χ4v) is 6.65. The summed E-state index contributed by atoms with van der Waals surface area (Å²) in [7, 11) is 0. The van der Waals surface area contributed by atoms with Crippen LogP contribution < -0.4 is 15.4 Å². The van der Waals surface area contributed by atoms with Gasteiger partial charge in [0.05, 0.1) is 25.8 Å². The number of fused-ring (bicyclic) bond motifs is 1. The van der Waals surface area contributed by atoms with Crippen LogP contribution in [0, 0.1) is 5.82 Å². The van der Waals surface area contributed by atoms with Crippen LogP contribution in [0.2, 0.25) is 0 Å². The molecule has 3 amide bonds. The zero-order chi connectivity index (χ0) is 35.0. The van der Waals surface area contributed by atoms with E-state index in [0.29, 0.717) is 44.1 Å². The molecule has 2 saturated heterocycles. The number of hydrogen-bond donors (Lipinski definition) is 1. The minimum Gasteiger partial charge on any atom is -0.474 e. The highest BCUT2D eigenvalue weighted by Gasteiger charge is 2.42. The van der Waals surface area contributed by atoms with E-state index in [4.69, 9.17) is 19.9 Å². The summed E-state index contributed by atoms with van der Waals surface area (Å²) in [4.78, 5) is 52.6. The first-order chi connectivity index (χ1) is 22.5. The number of nitrogens with two attached hydrogens (primary N) is 1. The van der Waals surface area contributed by atoms with Crippen molar-refractivity contribution in [3.05, 3.63) is 53.0 Å². The first-order valence-corrected chi connectivity index (χ1v) is 16.6. The number of amides is 3. The highest BCUT2D eigenvalue weighted by atomic mass is 19.1. The van der Waals surface area contributed by atoms with Crippen molar-refractivity contribution in [2.24, 2.45) is 5.73 Å². The Morgan fingerprint density at radius 3 is 2.46 bits per heavy atom. The van der Waals surface area contributed by atoms with Gasteiger partial charge in [-0.2, -0.15) is 0 Å². The summed E-state index contributed by atoms with van der Waals surface area (Å²) in [6.07, 6.45) is -0.107. The van der Waals surface area contributed by atoms with E-state index in [2.05, 4.69) is 28.6 Å². The molecule has 0 unspecified atom stereocenters. The summed E-state index contributed by atoms with van der Waals surface area (Å²) in [6, 6.07) is 7.03. The number of ether oxygens (including phenoxy) is 3. The molecule has 3 aliphatic heterocycles. The number of carbonyl (C=O) groups excluding carboxylic acids is 3. The predicted molar refractivity (Wildman–Crippen MR) is 179 cm³/mol. The Kier molecular flexibility index (Phi) is 10.3. The molecule has 0 bridgehead atoms. The quantitative estimate of drug-likeness (QED) is 0.472. The molecule has 12 nitrogen and oxygen atoms in total. The molecular formula is C35H49FN6O6. The fourth-order valence-electron chi connectivity index (χ4n) is 6.65. The smallest absolute Gasteiger partial charge is 0.410 e. The van der Waals surface area contributed by atoms with Gasteiger partial charge in [0, 0.05) is 43.8 Å². The number of rotatable bonds is 7.